The third-order valence-electron chi connectivity index (χ3n) is 3.59. The topological polar surface area (TPSA) is 92.1 Å². The second-order valence-corrected chi connectivity index (χ2v) is 5.78. The number of aromatic nitrogens is 3. The molecule has 8 heteroatoms. The Morgan fingerprint density at radius 3 is 2.92 bits per heavy atom. The number of aromatic amines is 1. The van der Waals surface area contributed by atoms with Crippen molar-refractivity contribution in [3.05, 3.63) is 57.4 Å². The summed E-state index contributed by atoms with van der Waals surface area (Å²) in [5.74, 6) is 0.898. The third-order valence-corrected chi connectivity index (χ3v) is 3.77. The van der Waals surface area contributed by atoms with E-state index in [1.807, 2.05) is 6.07 Å². The van der Waals surface area contributed by atoms with Crippen molar-refractivity contribution in [1.29, 1.82) is 0 Å². The Morgan fingerprint density at radius 1 is 1.38 bits per heavy atom. The number of nitrogens with zero attached hydrogens (tertiary/aromatic N) is 3. The first-order valence-electron chi connectivity index (χ1n) is 7.36. The van der Waals surface area contributed by atoms with Gasteiger partial charge in [0, 0.05) is 26.0 Å². The number of amides is 1. The number of H-pyrrole nitrogens is 1. The molecule has 7 nitrogen and oxygen atoms in total. The summed E-state index contributed by atoms with van der Waals surface area (Å²) in [4.78, 5) is 32.8. The van der Waals surface area contributed by atoms with E-state index in [-0.39, 0.29) is 29.6 Å². The number of rotatable bonds is 5. The van der Waals surface area contributed by atoms with Crippen LogP contribution in [0, 0.1) is 0 Å². The highest BCUT2D eigenvalue weighted by Gasteiger charge is 2.13. The number of nitrogens with one attached hydrogen (secondary N) is 1. The van der Waals surface area contributed by atoms with Crippen molar-refractivity contribution < 1.29 is 9.32 Å². The number of halogens is 1. The number of aryl methyl sites for hydroxylation is 1. The van der Waals surface area contributed by atoms with Gasteiger partial charge in [-0.15, -0.1) is 0 Å². The lowest BCUT2D eigenvalue weighted by Gasteiger charge is -2.16. The van der Waals surface area contributed by atoms with Crippen molar-refractivity contribution in [2.45, 2.75) is 19.4 Å². The van der Waals surface area contributed by atoms with Gasteiger partial charge < -0.3 is 14.4 Å². The summed E-state index contributed by atoms with van der Waals surface area (Å²) in [5, 5.41) is 4.35. The van der Waals surface area contributed by atoms with E-state index in [0.29, 0.717) is 28.9 Å². The largest absolute Gasteiger partial charge is 0.360 e. The molecule has 1 amide bonds. The highest BCUT2D eigenvalue weighted by atomic mass is 35.5. The minimum Gasteiger partial charge on any atom is -0.360 e. The smallest absolute Gasteiger partial charge is 0.258 e. The quantitative estimate of drug-likeness (QED) is 0.764. The summed E-state index contributed by atoms with van der Waals surface area (Å²) in [6, 6.07) is 8.66. The average molecular weight is 347 g/mol. The van der Waals surface area contributed by atoms with Crippen LogP contribution < -0.4 is 5.56 Å². The van der Waals surface area contributed by atoms with E-state index in [0.717, 1.165) is 0 Å². The predicted octanol–water partition coefficient (Wildman–Crippen LogP) is 2.16. The van der Waals surface area contributed by atoms with Crippen molar-refractivity contribution in [2.24, 2.45) is 0 Å². The second kappa shape index (κ2) is 6.84. The van der Waals surface area contributed by atoms with Gasteiger partial charge in [0.2, 0.25) is 5.91 Å². The van der Waals surface area contributed by atoms with Crippen molar-refractivity contribution in [2.75, 3.05) is 7.05 Å². The van der Waals surface area contributed by atoms with E-state index in [4.69, 9.17) is 16.1 Å². The van der Waals surface area contributed by atoms with Gasteiger partial charge in [-0.05, 0) is 12.1 Å². The molecule has 0 unspecified atom stereocenters. The maximum Gasteiger partial charge on any atom is 0.258 e. The SMILES string of the molecule is CN(Cc1nc2ccccc2c(=O)[nH]1)C(=O)CCc1cc(Cl)no1. The van der Waals surface area contributed by atoms with Crippen molar-refractivity contribution in [1.82, 2.24) is 20.0 Å². The van der Waals surface area contributed by atoms with Crippen molar-refractivity contribution >= 4 is 28.4 Å². The molecular formula is C16H15ClN4O3. The van der Waals surface area contributed by atoms with Gasteiger partial charge in [0.05, 0.1) is 17.4 Å². The van der Waals surface area contributed by atoms with E-state index in [1.165, 1.54) is 4.90 Å². The van der Waals surface area contributed by atoms with Crippen molar-refractivity contribution in [3.8, 4) is 0 Å². The molecule has 0 aliphatic heterocycles. The third kappa shape index (κ3) is 3.62. The van der Waals surface area contributed by atoms with Crippen LogP contribution in [0.5, 0.6) is 0 Å². The van der Waals surface area contributed by atoms with Gasteiger partial charge in [-0.1, -0.05) is 28.9 Å². The fourth-order valence-electron chi connectivity index (χ4n) is 2.35. The van der Waals surface area contributed by atoms with Crippen LogP contribution in [0.15, 0.2) is 39.6 Å². The molecule has 124 valence electrons. The molecule has 0 spiro atoms. The molecule has 24 heavy (non-hydrogen) atoms. The molecule has 3 aromatic rings. The maximum absolute atomic E-state index is 12.2. The lowest BCUT2D eigenvalue weighted by Crippen LogP contribution is -2.28. The standard InChI is InChI=1S/C16H15ClN4O3/c1-21(15(22)7-6-10-8-13(17)20-24-10)9-14-18-12-5-3-2-4-11(12)16(23)19-14/h2-5,8H,6-7,9H2,1H3,(H,18,19,23). The van der Waals surface area contributed by atoms with Gasteiger partial charge in [0.25, 0.3) is 5.56 Å². The van der Waals surface area contributed by atoms with Gasteiger partial charge in [-0.2, -0.15) is 0 Å². The average Bonchev–Trinajstić information content (AvgIpc) is 2.98. The molecule has 1 N–H and O–H groups in total. The van der Waals surface area contributed by atoms with Gasteiger partial charge >= 0.3 is 0 Å². The highest BCUT2D eigenvalue weighted by Crippen LogP contribution is 2.12. The summed E-state index contributed by atoms with van der Waals surface area (Å²) < 4.78 is 4.96. The molecule has 0 fully saturated rings. The van der Waals surface area contributed by atoms with Crippen LogP contribution in [-0.4, -0.2) is 33.0 Å². The zero-order valence-electron chi connectivity index (χ0n) is 13.0. The van der Waals surface area contributed by atoms with E-state index >= 15 is 0 Å². The number of hydrogen-bond acceptors (Lipinski definition) is 5. The van der Waals surface area contributed by atoms with E-state index in [1.54, 1.807) is 31.3 Å². The molecule has 0 aliphatic rings. The molecular weight excluding hydrogens is 332 g/mol. The van der Waals surface area contributed by atoms with Crippen LogP contribution in [0.2, 0.25) is 5.15 Å². The van der Waals surface area contributed by atoms with Crippen LogP contribution in [0.25, 0.3) is 10.9 Å². The molecule has 0 atom stereocenters. The maximum atomic E-state index is 12.2. The number of hydrogen-bond donors (Lipinski definition) is 1. The Labute approximate surface area is 142 Å². The molecule has 0 bridgehead atoms. The Balaban J connectivity index is 1.66. The zero-order chi connectivity index (χ0) is 17.1. The molecule has 1 aromatic carbocycles. The van der Waals surface area contributed by atoms with Crippen LogP contribution in [-0.2, 0) is 17.8 Å². The number of carbonyl (C=O) groups excluding carboxylic acids is 1. The van der Waals surface area contributed by atoms with Gasteiger partial charge in [0.1, 0.15) is 11.6 Å². The summed E-state index contributed by atoms with van der Waals surface area (Å²) in [6.07, 6.45) is 0.657. The fourth-order valence-corrected chi connectivity index (χ4v) is 2.51. The minimum absolute atomic E-state index is 0.0988. The Kier molecular flexibility index (Phi) is 4.61. The fraction of sp³-hybridized carbons (Fsp3) is 0.250. The highest BCUT2D eigenvalue weighted by molar-refractivity contribution is 6.29. The van der Waals surface area contributed by atoms with Gasteiger partial charge in [0.15, 0.2) is 5.15 Å². The van der Waals surface area contributed by atoms with Crippen LogP contribution >= 0.6 is 11.6 Å². The Morgan fingerprint density at radius 2 is 2.17 bits per heavy atom. The van der Waals surface area contributed by atoms with Crippen LogP contribution in [0.1, 0.15) is 18.0 Å². The van der Waals surface area contributed by atoms with E-state index in [9.17, 15) is 9.59 Å². The summed E-state index contributed by atoms with van der Waals surface area (Å²) in [6.45, 7) is 0.218. The molecule has 2 heterocycles. The predicted molar refractivity (Wildman–Crippen MR) is 88.7 cm³/mol. The molecule has 3 rings (SSSR count). The Bertz CT molecular complexity index is 934. The van der Waals surface area contributed by atoms with Crippen LogP contribution in [0.4, 0.5) is 0 Å². The summed E-state index contributed by atoms with van der Waals surface area (Å²) >= 11 is 5.67. The monoisotopic (exact) mass is 346 g/mol. The molecule has 0 aliphatic carbocycles. The normalized spacial score (nSPS) is 10.9. The minimum atomic E-state index is -0.215. The van der Waals surface area contributed by atoms with E-state index in [2.05, 4.69) is 15.1 Å². The first-order chi connectivity index (χ1) is 11.5. The number of carbonyl (C=O) groups is 1. The van der Waals surface area contributed by atoms with Crippen LogP contribution in [0.3, 0.4) is 0 Å². The zero-order valence-corrected chi connectivity index (χ0v) is 13.7. The number of fused-ring (bicyclic) bond motifs is 1. The lowest BCUT2D eigenvalue weighted by molar-refractivity contribution is -0.130. The molecule has 2 aromatic heterocycles. The molecule has 0 saturated heterocycles. The van der Waals surface area contributed by atoms with Crippen molar-refractivity contribution in [3.63, 3.8) is 0 Å². The number of para-hydroxylation sites is 1. The Hall–Kier alpha value is -2.67. The van der Waals surface area contributed by atoms with Gasteiger partial charge in [-0.25, -0.2) is 4.98 Å². The summed E-state index contributed by atoms with van der Waals surface area (Å²) in [5.41, 5.74) is 0.390. The van der Waals surface area contributed by atoms with Gasteiger partial charge in [-0.3, -0.25) is 9.59 Å². The summed E-state index contributed by atoms with van der Waals surface area (Å²) in [7, 11) is 1.66. The number of benzene rings is 1. The first-order valence-corrected chi connectivity index (χ1v) is 7.74. The second-order valence-electron chi connectivity index (χ2n) is 5.40. The molecule has 0 radical (unpaired) electrons. The molecule has 0 saturated carbocycles. The lowest BCUT2D eigenvalue weighted by atomic mass is 10.2. The first kappa shape index (κ1) is 16.2. The van der Waals surface area contributed by atoms with E-state index < -0.39 is 0 Å².